The highest BCUT2D eigenvalue weighted by Crippen LogP contribution is 2.25. The number of ether oxygens (including phenoxy) is 3. The average Bonchev–Trinajstić information content (AvgIpc) is 3.16. The molecule has 0 bridgehead atoms. The highest BCUT2D eigenvalue weighted by Gasteiger charge is 2.54. The van der Waals surface area contributed by atoms with E-state index >= 15 is 0 Å². The van der Waals surface area contributed by atoms with Gasteiger partial charge in [0, 0.05) is 25.9 Å². The zero-order valence-corrected chi connectivity index (χ0v) is 36.3. The average molecular weight is 802 g/mol. The second-order valence-electron chi connectivity index (χ2n) is 16.0. The van der Waals surface area contributed by atoms with Gasteiger partial charge < -0.3 is 34.6 Å². The number of hydrogen-bond acceptors (Lipinski definition) is 11. The van der Waals surface area contributed by atoms with Gasteiger partial charge in [-0.3, -0.25) is 14.4 Å². The molecule has 0 unspecified atom stereocenters. The molecule has 0 atom stereocenters. The lowest BCUT2D eigenvalue weighted by Crippen LogP contribution is -2.66. The molecule has 56 heavy (non-hydrogen) atoms. The van der Waals surface area contributed by atoms with Crippen molar-refractivity contribution in [1.29, 1.82) is 0 Å². The third kappa shape index (κ3) is 30.3. The van der Waals surface area contributed by atoms with E-state index in [4.69, 9.17) is 9.47 Å². The number of carbonyl (C=O) groups excluding carboxylic acids is 3. The second kappa shape index (κ2) is 37.5. The summed E-state index contributed by atoms with van der Waals surface area (Å²) < 4.78 is 15.5. The Labute approximate surface area is 342 Å². The van der Waals surface area contributed by atoms with Crippen molar-refractivity contribution in [2.24, 2.45) is 0 Å². The lowest BCUT2D eigenvalue weighted by Gasteiger charge is -2.40. The van der Waals surface area contributed by atoms with Crippen LogP contribution in [0.5, 0.6) is 0 Å². The fraction of sp³-hybridized carbons (Fsp3) is 0.933. The van der Waals surface area contributed by atoms with Crippen LogP contribution in [0.3, 0.4) is 0 Å². The molecule has 0 aliphatic carbocycles. The molecular formula is C45H87NO10. The quantitative estimate of drug-likeness (QED) is 0.0153. The Morgan fingerprint density at radius 2 is 0.893 bits per heavy atom. The maximum atomic E-state index is 12.8. The summed E-state index contributed by atoms with van der Waals surface area (Å²) in [6, 6.07) is 0. The Bertz CT molecular complexity index is 899. The Morgan fingerprint density at radius 3 is 1.34 bits per heavy atom. The third-order valence-electron chi connectivity index (χ3n) is 10.8. The molecule has 0 fully saturated rings. The van der Waals surface area contributed by atoms with E-state index in [1.54, 1.807) is 0 Å². The summed E-state index contributed by atoms with van der Waals surface area (Å²) in [5.41, 5.74) is 0. The third-order valence-corrected chi connectivity index (χ3v) is 10.8. The molecule has 332 valence electrons. The van der Waals surface area contributed by atoms with Crippen LogP contribution in [-0.2, 0) is 28.6 Å². The molecule has 0 aromatic carbocycles. The number of unbranched alkanes of at least 4 members (excludes halogenated alkanes) is 24. The molecule has 0 saturated heterocycles. The number of esters is 2. The van der Waals surface area contributed by atoms with Crippen LogP contribution in [0.1, 0.15) is 233 Å². The van der Waals surface area contributed by atoms with Gasteiger partial charge in [0.15, 0.2) is 0 Å². The lowest BCUT2D eigenvalue weighted by atomic mass is 10.0. The van der Waals surface area contributed by atoms with Crippen molar-refractivity contribution in [3.63, 3.8) is 0 Å². The molecule has 0 spiro atoms. The van der Waals surface area contributed by atoms with E-state index in [-0.39, 0.29) is 37.6 Å². The monoisotopic (exact) mass is 802 g/mol. The number of rotatable bonds is 43. The van der Waals surface area contributed by atoms with E-state index in [0.29, 0.717) is 45.1 Å². The van der Waals surface area contributed by atoms with Gasteiger partial charge in [0.05, 0.1) is 6.61 Å². The summed E-state index contributed by atoms with van der Waals surface area (Å²) in [4.78, 5) is 36.7. The fourth-order valence-corrected chi connectivity index (χ4v) is 7.11. The zero-order valence-electron chi connectivity index (χ0n) is 36.3. The van der Waals surface area contributed by atoms with E-state index in [2.05, 4.69) is 25.5 Å². The molecule has 0 aliphatic heterocycles. The normalized spacial score (nSPS) is 12.1. The van der Waals surface area contributed by atoms with E-state index in [1.807, 2.05) is 0 Å². The molecule has 0 heterocycles. The van der Waals surface area contributed by atoms with Crippen LogP contribution in [0, 0.1) is 0 Å². The van der Waals surface area contributed by atoms with Gasteiger partial charge in [-0.1, -0.05) is 162 Å². The SMILES string of the molecule is CCCCCCCCCOC(=O)CCCCCCCN(CCCCCCCC(=O)OC(CCCCCCCC)CCCCCCCC)C(O)(O)C(O)(O)OC=O. The molecule has 11 nitrogen and oxygen atoms in total. The Hall–Kier alpha value is -1.79. The molecule has 0 aliphatic rings. The van der Waals surface area contributed by atoms with Crippen LogP contribution in [0.15, 0.2) is 0 Å². The van der Waals surface area contributed by atoms with Crippen molar-refractivity contribution in [1.82, 2.24) is 4.90 Å². The Morgan fingerprint density at radius 1 is 0.518 bits per heavy atom. The van der Waals surface area contributed by atoms with Crippen molar-refractivity contribution in [2.75, 3.05) is 19.7 Å². The summed E-state index contributed by atoms with van der Waals surface area (Å²) in [6.45, 7) is 7.14. The molecule has 4 N–H and O–H groups in total. The first-order valence-corrected chi connectivity index (χ1v) is 23.2. The summed E-state index contributed by atoms with van der Waals surface area (Å²) >= 11 is 0. The standard InChI is InChI=1S/C45H87NO10/c1-4-7-10-13-16-25-32-39-54-42(48)35-28-21-17-23-30-37-46(44(50,51)45(52,53)55-40-47)38-31-24-18-22-29-36-43(49)56-41(33-26-19-14-11-8-5-2)34-27-20-15-12-9-6-3/h40-41,50-53H,4-39H2,1-3H3. The molecule has 0 rings (SSSR count). The van der Waals surface area contributed by atoms with E-state index < -0.39 is 11.9 Å². The molecule has 0 radical (unpaired) electrons. The first-order chi connectivity index (χ1) is 27.0. The predicted molar refractivity (Wildman–Crippen MR) is 223 cm³/mol. The maximum absolute atomic E-state index is 12.8. The largest absolute Gasteiger partial charge is 0.466 e. The smallest absolute Gasteiger partial charge is 0.397 e. The van der Waals surface area contributed by atoms with Gasteiger partial charge in [0.25, 0.3) is 6.47 Å². The molecule has 11 heteroatoms. The maximum Gasteiger partial charge on any atom is 0.397 e. The second-order valence-corrected chi connectivity index (χ2v) is 16.0. The number of hydrogen-bond donors (Lipinski definition) is 4. The van der Waals surface area contributed by atoms with Crippen LogP contribution >= 0.6 is 0 Å². The van der Waals surface area contributed by atoms with Crippen molar-refractivity contribution >= 4 is 18.4 Å². The van der Waals surface area contributed by atoms with Crippen molar-refractivity contribution < 1.29 is 49.0 Å². The van der Waals surface area contributed by atoms with Crippen LogP contribution in [0.25, 0.3) is 0 Å². The van der Waals surface area contributed by atoms with Crippen LogP contribution < -0.4 is 0 Å². The number of aliphatic hydroxyl groups is 4. The minimum Gasteiger partial charge on any atom is -0.466 e. The van der Waals surface area contributed by atoms with Gasteiger partial charge in [-0.2, -0.15) is 0 Å². The highest BCUT2D eigenvalue weighted by molar-refractivity contribution is 5.69. The fourth-order valence-electron chi connectivity index (χ4n) is 7.11. The number of nitrogens with zero attached hydrogens (tertiary/aromatic N) is 1. The van der Waals surface area contributed by atoms with Gasteiger partial charge in [0.2, 0.25) is 0 Å². The Kier molecular flexibility index (Phi) is 36.3. The summed E-state index contributed by atoms with van der Waals surface area (Å²) in [5.74, 6) is -7.01. The zero-order chi connectivity index (χ0) is 41.6. The predicted octanol–water partition coefficient (Wildman–Crippen LogP) is 10.1. The van der Waals surface area contributed by atoms with Crippen molar-refractivity contribution in [2.45, 2.75) is 251 Å². The van der Waals surface area contributed by atoms with Gasteiger partial charge in [-0.05, 0) is 57.8 Å². The Balaban J connectivity index is 4.54. The van der Waals surface area contributed by atoms with Crippen molar-refractivity contribution in [3.05, 3.63) is 0 Å². The topological polar surface area (TPSA) is 163 Å². The van der Waals surface area contributed by atoms with Crippen LogP contribution in [0.2, 0.25) is 0 Å². The molecule has 0 saturated carbocycles. The molecular weight excluding hydrogens is 714 g/mol. The van der Waals surface area contributed by atoms with Crippen LogP contribution in [-0.4, -0.2) is 81.4 Å². The van der Waals surface area contributed by atoms with E-state index in [1.165, 1.54) is 96.3 Å². The van der Waals surface area contributed by atoms with E-state index in [0.717, 1.165) is 81.9 Å². The van der Waals surface area contributed by atoms with Gasteiger partial charge in [-0.25, -0.2) is 4.90 Å². The first kappa shape index (κ1) is 54.2. The van der Waals surface area contributed by atoms with Gasteiger partial charge in [0.1, 0.15) is 6.10 Å². The van der Waals surface area contributed by atoms with Crippen LogP contribution in [0.4, 0.5) is 0 Å². The summed E-state index contributed by atoms with van der Waals surface area (Å²) in [5, 5.41) is 41.6. The van der Waals surface area contributed by atoms with Crippen molar-refractivity contribution in [3.8, 4) is 0 Å². The minimum absolute atomic E-state index is 0.00426. The minimum atomic E-state index is -3.51. The lowest BCUT2D eigenvalue weighted by molar-refractivity contribution is -0.481. The molecule has 0 aromatic heterocycles. The molecule has 0 aromatic rings. The highest BCUT2D eigenvalue weighted by atomic mass is 16.8. The first-order valence-electron chi connectivity index (χ1n) is 23.2. The van der Waals surface area contributed by atoms with E-state index in [9.17, 15) is 34.8 Å². The van der Waals surface area contributed by atoms with Gasteiger partial charge in [-0.15, -0.1) is 0 Å². The molecule has 0 amide bonds. The summed E-state index contributed by atoms with van der Waals surface area (Å²) in [7, 11) is 0. The van der Waals surface area contributed by atoms with Gasteiger partial charge >= 0.3 is 23.8 Å². The summed E-state index contributed by atoms with van der Waals surface area (Å²) in [6.07, 6.45) is 32.7. The number of carbonyl (C=O) groups is 3.